The molecule has 1 aliphatic carbocycles. The number of nitrogens with one attached hydrogen (secondary N) is 3. The van der Waals surface area contributed by atoms with Crippen molar-refractivity contribution in [3.63, 3.8) is 0 Å². The molecule has 3 N–H and O–H groups in total. The van der Waals surface area contributed by atoms with E-state index >= 15 is 0 Å². The zero-order valence-electron chi connectivity index (χ0n) is 19.6. The topological polar surface area (TPSA) is 104 Å². The summed E-state index contributed by atoms with van der Waals surface area (Å²) in [6.07, 6.45) is 5.37. The van der Waals surface area contributed by atoms with Gasteiger partial charge in [0.05, 0.1) is 16.1 Å². The third-order valence-corrected chi connectivity index (χ3v) is 7.49. The van der Waals surface area contributed by atoms with E-state index in [4.69, 9.17) is 0 Å². The lowest BCUT2D eigenvalue weighted by molar-refractivity contribution is 0.0928. The molecule has 1 saturated carbocycles. The average Bonchev–Trinajstić information content (AvgIpc) is 2.85. The van der Waals surface area contributed by atoms with Crippen LogP contribution in [0.5, 0.6) is 0 Å². The number of sulfonamides is 1. The van der Waals surface area contributed by atoms with Crippen molar-refractivity contribution in [3.05, 3.63) is 89.5 Å². The number of hydrogen-bond donors (Lipinski definition) is 3. The smallest absolute Gasteiger partial charge is 0.261 e. The van der Waals surface area contributed by atoms with Crippen molar-refractivity contribution in [1.82, 2.24) is 5.32 Å². The minimum Gasteiger partial charge on any atom is -0.349 e. The van der Waals surface area contributed by atoms with Gasteiger partial charge < -0.3 is 10.6 Å². The van der Waals surface area contributed by atoms with Crippen molar-refractivity contribution >= 4 is 33.2 Å². The van der Waals surface area contributed by atoms with Crippen LogP contribution in [0.4, 0.5) is 11.4 Å². The van der Waals surface area contributed by atoms with Gasteiger partial charge in [-0.2, -0.15) is 0 Å². The molecule has 3 aromatic rings. The highest BCUT2D eigenvalue weighted by Crippen LogP contribution is 2.22. The number of carbonyl (C=O) groups excluding carboxylic acids is 2. The third kappa shape index (κ3) is 6.27. The third-order valence-electron chi connectivity index (χ3n) is 6.09. The molecule has 7 nitrogen and oxygen atoms in total. The predicted molar refractivity (Wildman–Crippen MR) is 137 cm³/mol. The van der Waals surface area contributed by atoms with E-state index in [-0.39, 0.29) is 16.8 Å². The van der Waals surface area contributed by atoms with E-state index in [1.165, 1.54) is 30.7 Å². The Balaban J connectivity index is 1.42. The zero-order chi connectivity index (χ0) is 24.8. The summed E-state index contributed by atoms with van der Waals surface area (Å²) < 4.78 is 27.7. The number of aryl methyl sites for hydroxylation is 1. The van der Waals surface area contributed by atoms with Crippen LogP contribution in [-0.2, 0) is 10.0 Å². The van der Waals surface area contributed by atoms with E-state index < -0.39 is 15.9 Å². The normalized spacial score (nSPS) is 14.2. The van der Waals surface area contributed by atoms with E-state index in [2.05, 4.69) is 15.4 Å². The Labute approximate surface area is 206 Å². The number of hydrogen-bond acceptors (Lipinski definition) is 4. The molecular formula is C27H29N3O4S. The van der Waals surface area contributed by atoms with Crippen LogP contribution in [0.2, 0.25) is 0 Å². The molecule has 0 aromatic heterocycles. The van der Waals surface area contributed by atoms with Crippen LogP contribution in [-0.4, -0.2) is 26.3 Å². The van der Waals surface area contributed by atoms with Crippen molar-refractivity contribution in [2.24, 2.45) is 0 Å². The lowest BCUT2D eigenvalue weighted by Gasteiger charge is -2.23. The van der Waals surface area contributed by atoms with Gasteiger partial charge in [0.15, 0.2) is 0 Å². The van der Waals surface area contributed by atoms with Crippen LogP contribution in [0.1, 0.15) is 58.4 Å². The van der Waals surface area contributed by atoms with Crippen molar-refractivity contribution in [1.29, 1.82) is 0 Å². The van der Waals surface area contributed by atoms with Gasteiger partial charge in [0, 0.05) is 17.3 Å². The molecular weight excluding hydrogens is 462 g/mol. The summed E-state index contributed by atoms with van der Waals surface area (Å²) in [4.78, 5) is 25.8. The van der Waals surface area contributed by atoms with E-state index in [9.17, 15) is 18.0 Å². The van der Waals surface area contributed by atoms with Gasteiger partial charge in [0.1, 0.15) is 0 Å². The molecule has 2 amide bonds. The van der Waals surface area contributed by atoms with Gasteiger partial charge in [0.2, 0.25) is 0 Å². The zero-order valence-corrected chi connectivity index (χ0v) is 20.4. The number of anilines is 2. The lowest BCUT2D eigenvalue weighted by atomic mass is 9.95. The fraction of sp³-hybridized carbons (Fsp3) is 0.259. The molecule has 0 atom stereocenters. The minimum atomic E-state index is -3.73. The largest absolute Gasteiger partial charge is 0.349 e. The molecule has 0 bridgehead atoms. The van der Waals surface area contributed by atoms with Gasteiger partial charge in [-0.3, -0.25) is 14.3 Å². The molecule has 0 radical (unpaired) electrons. The maximum Gasteiger partial charge on any atom is 0.261 e. The molecule has 4 rings (SSSR count). The van der Waals surface area contributed by atoms with Crippen LogP contribution in [0.25, 0.3) is 0 Å². The first-order valence-electron chi connectivity index (χ1n) is 11.7. The van der Waals surface area contributed by atoms with E-state index in [1.54, 1.807) is 48.5 Å². The Morgan fingerprint density at radius 1 is 0.800 bits per heavy atom. The van der Waals surface area contributed by atoms with Crippen LogP contribution >= 0.6 is 0 Å². The fourth-order valence-electron chi connectivity index (χ4n) is 4.12. The first kappa shape index (κ1) is 24.5. The Morgan fingerprint density at radius 3 is 2.14 bits per heavy atom. The summed E-state index contributed by atoms with van der Waals surface area (Å²) in [6, 6.07) is 19.7. The van der Waals surface area contributed by atoms with Gasteiger partial charge in [-0.1, -0.05) is 49.1 Å². The second-order valence-corrected chi connectivity index (χ2v) is 10.5. The average molecular weight is 492 g/mol. The van der Waals surface area contributed by atoms with Crippen molar-refractivity contribution in [2.75, 3.05) is 10.0 Å². The predicted octanol–water partition coefficient (Wildman–Crippen LogP) is 5.11. The molecule has 182 valence electrons. The van der Waals surface area contributed by atoms with Crippen LogP contribution in [0.15, 0.2) is 77.7 Å². The van der Waals surface area contributed by atoms with E-state index in [0.717, 1.165) is 31.2 Å². The van der Waals surface area contributed by atoms with Gasteiger partial charge in [-0.05, 0) is 68.3 Å². The first-order chi connectivity index (χ1) is 16.8. The van der Waals surface area contributed by atoms with Crippen LogP contribution in [0, 0.1) is 6.92 Å². The molecule has 3 aromatic carbocycles. The molecule has 0 spiro atoms. The fourth-order valence-corrected chi connectivity index (χ4v) is 5.17. The quantitative estimate of drug-likeness (QED) is 0.427. The Bertz CT molecular complexity index is 1300. The molecule has 35 heavy (non-hydrogen) atoms. The summed E-state index contributed by atoms with van der Waals surface area (Å²) in [6.45, 7) is 1.88. The number of rotatable bonds is 7. The number of para-hydroxylation sites is 1. The second-order valence-electron chi connectivity index (χ2n) is 8.80. The second kappa shape index (κ2) is 10.7. The maximum absolute atomic E-state index is 12.8. The Morgan fingerprint density at radius 2 is 1.46 bits per heavy atom. The SMILES string of the molecule is Cc1ccc(S(=O)(=O)Nc2ccc(C(=O)Nc3ccccc3C(=O)NC3CCCCC3)cc2)cc1. The van der Waals surface area contributed by atoms with Crippen molar-refractivity contribution in [3.8, 4) is 0 Å². The molecule has 0 saturated heterocycles. The first-order valence-corrected chi connectivity index (χ1v) is 13.2. The lowest BCUT2D eigenvalue weighted by Crippen LogP contribution is -2.36. The van der Waals surface area contributed by atoms with Crippen molar-refractivity contribution in [2.45, 2.75) is 50.0 Å². The number of amides is 2. The number of benzene rings is 3. The maximum atomic E-state index is 12.8. The van der Waals surface area contributed by atoms with E-state index in [0.29, 0.717) is 22.5 Å². The minimum absolute atomic E-state index is 0.160. The summed E-state index contributed by atoms with van der Waals surface area (Å²) in [5.74, 6) is -0.593. The van der Waals surface area contributed by atoms with Gasteiger partial charge in [0.25, 0.3) is 21.8 Å². The van der Waals surface area contributed by atoms with Crippen LogP contribution in [0.3, 0.4) is 0 Å². The summed E-state index contributed by atoms with van der Waals surface area (Å²) in [7, 11) is -3.73. The highest BCUT2D eigenvalue weighted by atomic mass is 32.2. The molecule has 1 fully saturated rings. The van der Waals surface area contributed by atoms with E-state index in [1.807, 2.05) is 6.92 Å². The highest BCUT2D eigenvalue weighted by molar-refractivity contribution is 7.92. The van der Waals surface area contributed by atoms with Gasteiger partial charge in [-0.15, -0.1) is 0 Å². The van der Waals surface area contributed by atoms with Crippen LogP contribution < -0.4 is 15.4 Å². The van der Waals surface area contributed by atoms with Gasteiger partial charge >= 0.3 is 0 Å². The van der Waals surface area contributed by atoms with Crippen molar-refractivity contribution < 1.29 is 18.0 Å². The summed E-state index contributed by atoms with van der Waals surface area (Å²) in [5, 5.41) is 5.88. The standard InChI is InChI=1S/C27H29N3O4S/c1-19-11-17-23(18-12-19)35(33,34)30-22-15-13-20(14-16-22)26(31)29-25-10-6-5-9-24(25)27(32)28-21-7-3-2-4-8-21/h5-6,9-18,21,30H,2-4,7-8H2,1H3,(H,28,32)(H,29,31). The Hall–Kier alpha value is -3.65. The number of carbonyl (C=O) groups is 2. The Kier molecular flexibility index (Phi) is 7.51. The monoisotopic (exact) mass is 491 g/mol. The molecule has 1 aliphatic rings. The van der Waals surface area contributed by atoms with Gasteiger partial charge in [-0.25, -0.2) is 8.42 Å². The molecule has 8 heteroatoms. The summed E-state index contributed by atoms with van der Waals surface area (Å²) in [5.41, 5.74) is 2.48. The molecule has 0 heterocycles. The highest BCUT2D eigenvalue weighted by Gasteiger charge is 2.20. The molecule has 0 unspecified atom stereocenters. The molecule has 0 aliphatic heterocycles. The summed E-state index contributed by atoms with van der Waals surface area (Å²) >= 11 is 0.